The molecule has 0 aromatic carbocycles. The molecule has 1 saturated heterocycles. The Bertz CT molecular complexity index is 363. The van der Waals surface area contributed by atoms with Gasteiger partial charge in [0.05, 0.1) is 5.69 Å². The van der Waals surface area contributed by atoms with Crippen LogP contribution in [0.2, 0.25) is 0 Å². The van der Waals surface area contributed by atoms with E-state index in [1.807, 2.05) is 13.8 Å². The number of hydrogen-bond acceptors (Lipinski definition) is 5. The fraction of sp³-hybridized carbons (Fsp3) is 0.786. The standard InChI is InChI=1S/C14H26N4O/c1-12-14(13(2)19-16-12)11-18-9-7-17(8-10-18)6-4-3-5-15/h3-11,15H2,1-2H3. The van der Waals surface area contributed by atoms with E-state index in [0.29, 0.717) is 0 Å². The highest BCUT2D eigenvalue weighted by atomic mass is 16.5. The Labute approximate surface area is 115 Å². The Morgan fingerprint density at radius 2 is 1.79 bits per heavy atom. The number of nitrogens with zero attached hydrogens (tertiary/aromatic N) is 3. The summed E-state index contributed by atoms with van der Waals surface area (Å²) < 4.78 is 5.22. The molecule has 0 bridgehead atoms. The summed E-state index contributed by atoms with van der Waals surface area (Å²) in [4.78, 5) is 5.03. The molecule has 0 spiro atoms. The number of piperazine rings is 1. The highest BCUT2D eigenvalue weighted by Gasteiger charge is 2.19. The van der Waals surface area contributed by atoms with Crippen molar-refractivity contribution in [1.29, 1.82) is 0 Å². The minimum atomic E-state index is 0.812. The van der Waals surface area contributed by atoms with Gasteiger partial charge in [0.1, 0.15) is 5.76 Å². The predicted molar refractivity (Wildman–Crippen MR) is 76.0 cm³/mol. The van der Waals surface area contributed by atoms with Gasteiger partial charge in [-0.05, 0) is 39.8 Å². The minimum absolute atomic E-state index is 0.812. The van der Waals surface area contributed by atoms with Crippen LogP contribution >= 0.6 is 0 Å². The van der Waals surface area contributed by atoms with Crippen LogP contribution in [0, 0.1) is 13.8 Å². The van der Waals surface area contributed by atoms with Gasteiger partial charge in [-0.25, -0.2) is 0 Å². The largest absolute Gasteiger partial charge is 0.361 e. The van der Waals surface area contributed by atoms with Crippen molar-refractivity contribution in [2.75, 3.05) is 39.3 Å². The topological polar surface area (TPSA) is 58.5 Å². The Morgan fingerprint density at radius 1 is 1.11 bits per heavy atom. The fourth-order valence-electron chi connectivity index (χ4n) is 2.60. The maximum absolute atomic E-state index is 5.53. The van der Waals surface area contributed by atoms with Gasteiger partial charge in [-0.2, -0.15) is 0 Å². The molecule has 5 nitrogen and oxygen atoms in total. The molecule has 1 aromatic heterocycles. The third kappa shape index (κ3) is 4.03. The fourth-order valence-corrected chi connectivity index (χ4v) is 2.60. The number of nitrogens with two attached hydrogens (primary N) is 1. The van der Waals surface area contributed by atoms with E-state index in [0.717, 1.165) is 57.1 Å². The molecule has 0 saturated carbocycles. The normalized spacial score (nSPS) is 18.1. The van der Waals surface area contributed by atoms with Gasteiger partial charge in [0.15, 0.2) is 0 Å². The van der Waals surface area contributed by atoms with E-state index in [1.165, 1.54) is 18.5 Å². The molecule has 0 unspecified atom stereocenters. The van der Waals surface area contributed by atoms with Crippen LogP contribution < -0.4 is 5.73 Å². The average Bonchev–Trinajstić information content (AvgIpc) is 2.73. The number of rotatable bonds is 6. The SMILES string of the molecule is Cc1noc(C)c1CN1CCN(CCCCN)CC1. The zero-order valence-electron chi connectivity index (χ0n) is 12.2. The molecule has 1 aliphatic heterocycles. The quantitative estimate of drug-likeness (QED) is 0.783. The minimum Gasteiger partial charge on any atom is -0.361 e. The van der Waals surface area contributed by atoms with Crippen molar-refractivity contribution in [2.45, 2.75) is 33.2 Å². The van der Waals surface area contributed by atoms with E-state index in [2.05, 4.69) is 15.0 Å². The average molecular weight is 266 g/mol. The molecule has 1 aliphatic rings. The van der Waals surface area contributed by atoms with Crippen LogP contribution in [0.3, 0.4) is 0 Å². The van der Waals surface area contributed by atoms with Gasteiger partial charge in [-0.1, -0.05) is 5.16 Å². The first-order valence-electron chi connectivity index (χ1n) is 7.27. The number of hydrogen-bond donors (Lipinski definition) is 1. The molecular formula is C14H26N4O. The van der Waals surface area contributed by atoms with Crippen molar-refractivity contribution in [3.05, 3.63) is 17.0 Å². The molecule has 0 radical (unpaired) electrons. The van der Waals surface area contributed by atoms with Crippen LogP contribution in [0.25, 0.3) is 0 Å². The van der Waals surface area contributed by atoms with Gasteiger partial charge >= 0.3 is 0 Å². The summed E-state index contributed by atoms with van der Waals surface area (Å²) in [7, 11) is 0. The lowest BCUT2D eigenvalue weighted by molar-refractivity contribution is 0.125. The van der Waals surface area contributed by atoms with E-state index >= 15 is 0 Å². The second-order valence-electron chi connectivity index (χ2n) is 5.42. The lowest BCUT2D eigenvalue weighted by atomic mass is 10.1. The maximum atomic E-state index is 5.53. The zero-order chi connectivity index (χ0) is 13.7. The third-order valence-electron chi connectivity index (χ3n) is 3.96. The van der Waals surface area contributed by atoms with Gasteiger partial charge in [0.25, 0.3) is 0 Å². The second kappa shape index (κ2) is 7.03. The molecule has 1 fully saturated rings. The molecule has 1 aromatic rings. The Morgan fingerprint density at radius 3 is 2.37 bits per heavy atom. The van der Waals surface area contributed by atoms with Crippen molar-refractivity contribution < 1.29 is 4.52 Å². The zero-order valence-corrected chi connectivity index (χ0v) is 12.2. The van der Waals surface area contributed by atoms with Gasteiger partial charge < -0.3 is 15.2 Å². The molecule has 2 rings (SSSR count). The van der Waals surface area contributed by atoms with Crippen LogP contribution in [0.1, 0.15) is 29.9 Å². The molecule has 0 aliphatic carbocycles. The van der Waals surface area contributed by atoms with Crippen LogP contribution in [0.15, 0.2) is 4.52 Å². The van der Waals surface area contributed by atoms with Gasteiger partial charge in [0, 0.05) is 38.3 Å². The predicted octanol–water partition coefficient (Wildman–Crippen LogP) is 1.15. The Balaban J connectivity index is 1.74. The van der Waals surface area contributed by atoms with Crippen molar-refractivity contribution in [3.8, 4) is 0 Å². The molecule has 19 heavy (non-hydrogen) atoms. The summed E-state index contributed by atoms with van der Waals surface area (Å²) in [5, 5.41) is 4.02. The van der Waals surface area contributed by atoms with Crippen molar-refractivity contribution >= 4 is 0 Å². The summed E-state index contributed by atoms with van der Waals surface area (Å²) in [5.41, 5.74) is 7.82. The van der Waals surface area contributed by atoms with E-state index < -0.39 is 0 Å². The number of unbranched alkanes of at least 4 members (excludes halogenated alkanes) is 1. The summed E-state index contributed by atoms with van der Waals surface area (Å²) in [5.74, 6) is 0.961. The van der Waals surface area contributed by atoms with Crippen molar-refractivity contribution in [1.82, 2.24) is 15.0 Å². The lowest BCUT2D eigenvalue weighted by Gasteiger charge is -2.34. The highest BCUT2D eigenvalue weighted by molar-refractivity contribution is 5.20. The first-order valence-corrected chi connectivity index (χ1v) is 7.27. The molecule has 0 atom stereocenters. The first kappa shape index (κ1) is 14.5. The van der Waals surface area contributed by atoms with Crippen LogP contribution in [-0.2, 0) is 6.54 Å². The summed E-state index contributed by atoms with van der Waals surface area (Å²) in [6, 6.07) is 0. The number of aryl methyl sites for hydroxylation is 2. The molecule has 0 amide bonds. The summed E-state index contributed by atoms with van der Waals surface area (Å²) in [6.07, 6.45) is 2.36. The smallest absolute Gasteiger partial charge is 0.138 e. The summed E-state index contributed by atoms with van der Waals surface area (Å²) >= 11 is 0. The molecular weight excluding hydrogens is 240 g/mol. The van der Waals surface area contributed by atoms with Crippen LogP contribution in [0.4, 0.5) is 0 Å². The lowest BCUT2D eigenvalue weighted by Crippen LogP contribution is -2.46. The summed E-state index contributed by atoms with van der Waals surface area (Å²) in [6.45, 7) is 11.6. The van der Waals surface area contributed by atoms with Crippen LogP contribution in [-0.4, -0.2) is 54.2 Å². The molecule has 2 heterocycles. The Kier molecular flexibility index (Phi) is 5.36. The monoisotopic (exact) mass is 266 g/mol. The van der Waals surface area contributed by atoms with Crippen LogP contribution in [0.5, 0.6) is 0 Å². The first-order chi connectivity index (χ1) is 9.20. The van der Waals surface area contributed by atoms with E-state index in [-0.39, 0.29) is 0 Å². The second-order valence-corrected chi connectivity index (χ2v) is 5.42. The van der Waals surface area contributed by atoms with E-state index in [9.17, 15) is 0 Å². The molecule has 2 N–H and O–H groups in total. The van der Waals surface area contributed by atoms with E-state index in [1.54, 1.807) is 0 Å². The van der Waals surface area contributed by atoms with Gasteiger partial charge in [-0.15, -0.1) is 0 Å². The molecule has 108 valence electrons. The van der Waals surface area contributed by atoms with E-state index in [4.69, 9.17) is 10.3 Å². The molecule has 5 heteroatoms. The number of aromatic nitrogens is 1. The highest BCUT2D eigenvalue weighted by Crippen LogP contribution is 2.16. The third-order valence-corrected chi connectivity index (χ3v) is 3.96. The van der Waals surface area contributed by atoms with Crippen molar-refractivity contribution in [3.63, 3.8) is 0 Å². The van der Waals surface area contributed by atoms with Gasteiger partial charge in [0.2, 0.25) is 0 Å². The van der Waals surface area contributed by atoms with Crippen molar-refractivity contribution in [2.24, 2.45) is 5.73 Å². The maximum Gasteiger partial charge on any atom is 0.138 e. The Hall–Kier alpha value is -0.910. The van der Waals surface area contributed by atoms with Gasteiger partial charge in [-0.3, -0.25) is 4.90 Å².